The summed E-state index contributed by atoms with van der Waals surface area (Å²) in [5.41, 5.74) is 0.715. The van der Waals surface area contributed by atoms with E-state index in [-0.39, 0.29) is 17.5 Å². The van der Waals surface area contributed by atoms with Gasteiger partial charge in [-0.1, -0.05) is 30.3 Å². The molecule has 2 aromatic heterocycles. The van der Waals surface area contributed by atoms with Gasteiger partial charge in [-0.25, -0.2) is 9.36 Å². The van der Waals surface area contributed by atoms with Crippen molar-refractivity contribution in [1.82, 2.24) is 24.5 Å². The molecule has 1 amide bonds. The zero-order valence-electron chi connectivity index (χ0n) is 15.7. The molecular formula is C20H23N5O2. The lowest BCUT2D eigenvalue weighted by molar-refractivity contribution is -0.137. The molecule has 3 rings (SSSR count). The van der Waals surface area contributed by atoms with Crippen LogP contribution in [0.15, 0.2) is 65.7 Å². The van der Waals surface area contributed by atoms with Crippen molar-refractivity contribution in [2.45, 2.75) is 39.4 Å². The Morgan fingerprint density at radius 2 is 1.81 bits per heavy atom. The van der Waals surface area contributed by atoms with Crippen LogP contribution in [0.4, 0.5) is 0 Å². The van der Waals surface area contributed by atoms with E-state index in [1.165, 1.54) is 10.7 Å². The molecule has 0 aliphatic carbocycles. The molecule has 7 nitrogen and oxygen atoms in total. The molecule has 0 saturated heterocycles. The summed E-state index contributed by atoms with van der Waals surface area (Å²) < 4.78 is 2.77. The number of rotatable bonds is 6. The van der Waals surface area contributed by atoms with E-state index in [0.717, 1.165) is 5.56 Å². The van der Waals surface area contributed by atoms with Gasteiger partial charge < -0.3 is 4.90 Å². The van der Waals surface area contributed by atoms with Crippen molar-refractivity contribution >= 4 is 5.91 Å². The summed E-state index contributed by atoms with van der Waals surface area (Å²) in [4.78, 5) is 27.2. The lowest BCUT2D eigenvalue weighted by Gasteiger charge is -2.30. The van der Waals surface area contributed by atoms with Gasteiger partial charge in [-0.15, -0.1) is 5.10 Å². The summed E-state index contributed by atoms with van der Waals surface area (Å²) in [7, 11) is 0. The summed E-state index contributed by atoms with van der Waals surface area (Å²) in [5, 5.41) is 8.47. The van der Waals surface area contributed by atoms with E-state index in [1.54, 1.807) is 41.0 Å². The van der Waals surface area contributed by atoms with Crippen molar-refractivity contribution in [3.05, 3.63) is 76.8 Å². The molecular weight excluding hydrogens is 342 g/mol. The largest absolute Gasteiger partial charge is 0.334 e. The zero-order chi connectivity index (χ0) is 19.4. The Balaban J connectivity index is 1.89. The van der Waals surface area contributed by atoms with Crippen molar-refractivity contribution in [2.75, 3.05) is 0 Å². The van der Waals surface area contributed by atoms with E-state index in [4.69, 9.17) is 0 Å². The minimum absolute atomic E-state index is 0.00911. The summed E-state index contributed by atoms with van der Waals surface area (Å²) in [6.07, 6.45) is 3.37. The molecule has 1 aromatic carbocycles. The first-order valence-corrected chi connectivity index (χ1v) is 8.91. The van der Waals surface area contributed by atoms with E-state index >= 15 is 0 Å². The molecule has 3 aromatic rings. The van der Waals surface area contributed by atoms with Crippen LogP contribution < -0.4 is 5.56 Å². The Morgan fingerprint density at radius 3 is 2.44 bits per heavy atom. The number of amides is 1. The minimum Gasteiger partial charge on any atom is -0.334 e. The van der Waals surface area contributed by atoms with E-state index < -0.39 is 6.04 Å². The van der Waals surface area contributed by atoms with Gasteiger partial charge in [0.15, 0.2) is 5.82 Å². The maximum Gasteiger partial charge on any atom is 0.267 e. The molecule has 0 aliphatic rings. The van der Waals surface area contributed by atoms with Crippen LogP contribution in [0.2, 0.25) is 0 Å². The summed E-state index contributed by atoms with van der Waals surface area (Å²) in [6, 6.07) is 13.8. The van der Waals surface area contributed by atoms with Gasteiger partial charge in [0.1, 0.15) is 6.04 Å². The molecule has 0 saturated carbocycles. The van der Waals surface area contributed by atoms with Crippen LogP contribution in [0.3, 0.4) is 0 Å². The molecule has 27 heavy (non-hydrogen) atoms. The number of hydrogen-bond acceptors (Lipinski definition) is 4. The molecule has 2 heterocycles. The smallest absolute Gasteiger partial charge is 0.267 e. The van der Waals surface area contributed by atoms with Crippen LogP contribution in [0.5, 0.6) is 0 Å². The predicted molar refractivity (Wildman–Crippen MR) is 102 cm³/mol. The third kappa shape index (κ3) is 4.13. The molecule has 7 heteroatoms. The second kappa shape index (κ2) is 7.99. The first kappa shape index (κ1) is 18.6. The van der Waals surface area contributed by atoms with Crippen LogP contribution >= 0.6 is 0 Å². The SMILES string of the molecule is CC(C)N(Cc1ccccc1)C(=O)C(C)n1nc(-n2cccn2)ccc1=O. The topological polar surface area (TPSA) is 73.0 Å². The van der Waals surface area contributed by atoms with E-state index in [9.17, 15) is 9.59 Å². The van der Waals surface area contributed by atoms with Gasteiger partial charge in [0, 0.05) is 31.0 Å². The third-order valence-corrected chi connectivity index (χ3v) is 4.38. The van der Waals surface area contributed by atoms with Crippen molar-refractivity contribution in [1.29, 1.82) is 0 Å². The van der Waals surface area contributed by atoms with Crippen molar-refractivity contribution in [3.8, 4) is 5.82 Å². The lowest BCUT2D eigenvalue weighted by atomic mass is 10.1. The molecule has 1 atom stereocenters. The quantitative estimate of drug-likeness (QED) is 0.672. The fourth-order valence-corrected chi connectivity index (χ4v) is 2.86. The summed E-state index contributed by atoms with van der Waals surface area (Å²) >= 11 is 0. The van der Waals surface area contributed by atoms with Crippen LogP contribution in [0, 0.1) is 0 Å². The first-order chi connectivity index (χ1) is 13.0. The maximum atomic E-state index is 13.1. The molecule has 1 unspecified atom stereocenters. The Morgan fingerprint density at radius 1 is 1.07 bits per heavy atom. The average Bonchev–Trinajstić information content (AvgIpc) is 3.21. The van der Waals surface area contributed by atoms with E-state index in [0.29, 0.717) is 12.4 Å². The minimum atomic E-state index is -0.723. The lowest BCUT2D eigenvalue weighted by Crippen LogP contribution is -2.43. The number of nitrogens with zero attached hydrogens (tertiary/aromatic N) is 5. The highest BCUT2D eigenvalue weighted by Gasteiger charge is 2.26. The van der Waals surface area contributed by atoms with Gasteiger partial charge in [0.25, 0.3) is 5.56 Å². The molecule has 0 bridgehead atoms. The second-order valence-corrected chi connectivity index (χ2v) is 6.65. The van der Waals surface area contributed by atoms with Crippen molar-refractivity contribution in [2.24, 2.45) is 0 Å². The van der Waals surface area contributed by atoms with Gasteiger partial charge >= 0.3 is 0 Å². The van der Waals surface area contributed by atoms with Crippen LogP contribution in [-0.2, 0) is 11.3 Å². The van der Waals surface area contributed by atoms with Crippen LogP contribution in [0.25, 0.3) is 5.82 Å². The highest BCUT2D eigenvalue weighted by atomic mass is 16.2. The predicted octanol–water partition coefficient (Wildman–Crippen LogP) is 2.43. The summed E-state index contributed by atoms with van der Waals surface area (Å²) in [5.74, 6) is 0.333. The Hall–Kier alpha value is -3.22. The molecule has 0 fully saturated rings. The standard InChI is InChI=1S/C20H23N5O2/c1-15(2)23(14-17-8-5-4-6-9-17)20(27)16(3)25-19(26)11-10-18(22-25)24-13-7-12-21-24/h4-13,15-16H,14H2,1-3H3. The summed E-state index contributed by atoms with van der Waals surface area (Å²) in [6.45, 7) is 6.10. The van der Waals surface area contributed by atoms with E-state index in [2.05, 4.69) is 10.2 Å². The number of carbonyl (C=O) groups excluding carboxylic acids is 1. The highest BCUT2D eigenvalue weighted by molar-refractivity contribution is 5.80. The second-order valence-electron chi connectivity index (χ2n) is 6.65. The number of aromatic nitrogens is 4. The van der Waals surface area contributed by atoms with Gasteiger partial charge in [0.05, 0.1) is 0 Å². The maximum absolute atomic E-state index is 13.1. The van der Waals surface area contributed by atoms with Gasteiger partial charge in [-0.3, -0.25) is 9.59 Å². The number of benzene rings is 1. The van der Waals surface area contributed by atoms with Gasteiger partial charge in [0.2, 0.25) is 5.91 Å². The molecule has 140 valence electrons. The van der Waals surface area contributed by atoms with Gasteiger partial charge in [-0.2, -0.15) is 5.10 Å². The molecule has 0 N–H and O–H groups in total. The van der Waals surface area contributed by atoms with Crippen LogP contribution in [-0.4, -0.2) is 36.4 Å². The fourth-order valence-electron chi connectivity index (χ4n) is 2.86. The zero-order valence-corrected chi connectivity index (χ0v) is 15.7. The van der Waals surface area contributed by atoms with Crippen molar-refractivity contribution in [3.63, 3.8) is 0 Å². The van der Waals surface area contributed by atoms with Crippen LogP contribution in [0.1, 0.15) is 32.4 Å². The Labute approximate surface area is 157 Å². The Kier molecular flexibility index (Phi) is 5.49. The molecule has 0 aliphatic heterocycles. The third-order valence-electron chi connectivity index (χ3n) is 4.38. The molecule has 0 radical (unpaired) electrons. The fraction of sp³-hybridized carbons (Fsp3) is 0.300. The van der Waals surface area contributed by atoms with E-state index in [1.807, 2.05) is 44.2 Å². The van der Waals surface area contributed by atoms with Gasteiger partial charge in [-0.05, 0) is 38.5 Å². The highest BCUT2D eigenvalue weighted by Crippen LogP contribution is 2.15. The number of hydrogen-bond donors (Lipinski definition) is 0. The Bertz CT molecular complexity index is 948. The average molecular weight is 365 g/mol. The first-order valence-electron chi connectivity index (χ1n) is 8.91. The monoisotopic (exact) mass is 365 g/mol. The normalized spacial score (nSPS) is 12.1. The number of carbonyl (C=O) groups is 1. The van der Waals surface area contributed by atoms with Crippen molar-refractivity contribution < 1.29 is 4.79 Å². The molecule has 0 spiro atoms.